The number of rotatable bonds is 3. The zero-order valence-electron chi connectivity index (χ0n) is 10.8. The topological polar surface area (TPSA) is 3.24 Å². The van der Waals surface area contributed by atoms with Gasteiger partial charge in [-0.05, 0) is 30.0 Å². The van der Waals surface area contributed by atoms with Crippen LogP contribution in [0.5, 0.6) is 0 Å². The summed E-state index contributed by atoms with van der Waals surface area (Å²) in [5, 5.41) is 0. The lowest BCUT2D eigenvalue weighted by Crippen LogP contribution is -2.30. The highest BCUT2D eigenvalue weighted by Gasteiger charge is 2.27. The van der Waals surface area contributed by atoms with Gasteiger partial charge >= 0.3 is 0 Å². The van der Waals surface area contributed by atoms with Gasteiger partial charge in [-0.2, -0.15) is 0 Å². The molecule has 2 aromatic carbocycles. The van der Waals surface area contributed by atoms with Crippen molar-refractivity contribution in [1.82, 2.24) is 0 Å². The lowest BCUT2D eigenvalue weighted by atomic mass is 10.1. The van der Waals surface area contributed by atoms with Crippen LogP contribution in [0.15, 0.2) is 54.6 Å². The van der Waals surface area contributed by atoms with E-state index < -0.39 is 0 Å². The highest BCUT2D eigenvalue weighted by Crippen LogP contribution is 2.34. The van der Waals surface area contributed by atoms with E-state index in [1.54, 1.807) is 0 Å². The van der Waals surface area contributed by atoms with Crippen LogP contribution in [-0.2, 0) is 13.0 Å². The molecule has 2 aromatic rings. The Morgan fingerprint density at radius 1 is 1.00 bits per heavy atom. The molecule has 0 saturated carbocycles. The van der Waals surface area contributed by atoms with Crippen LogP contribution in [0, 0.1) is 0 Å². The van der Waals surface area contributed by atoms with Gasteiger partial charge in [0.1, 0.15) is 0 Å². The summed E-state index contributed by atoms with van der Waals surface area (Å²) in [5.74, 6) is 0. The molecule has 1 aliphatic heterocycles. The summed E-state index contributed by atoms with van der Waals surface area (Å²) in [6.07, 6.45) is 2.40. The minimum Gasteiger partial charge on any atom is -0.364 e. The zero-order valence-corrected chi connectivity index (χ0v) is 10.8. The molecule has 1 heterocycles. The smallest absolute Gasteiger partial charge is 0.0432 e. The van der Waals surface area contributed by atoms with Crippen molar-refractivity contribution in [2.24, 2.45) is 0 Å². The van der Waals surface area contributed by atoms with Crippen LogP contribution in [-0.4, -0.2) is 6.04 Å². The standard InChI is InChI=1S/C17H19N/c1-2-16-12-15-10-6-7-11-17(15)18(16)13-14-8-4-3-5-9-14/h3-11,16H,2,12-13H2,1H3. The zero-order chi connectivity index (χ0) is 12.4. The van der Waals surface area contributed by atoms with E-state index in [9.17, 15) is 0 Å². The van der Waals surface area contributed by atoms with Crippen molar-refractivity contribution < 1.29 is 0 Å². The molecule has 1 unspecified atom stereocenters. The van der Waals surface area contributed by atoms with Crippen molar-refractivity contribution in [3.05, 3.63) is 65.7 Å². The maximum absolute atomic E-state index is 2.56. The molecule has 1 nitrogen and oxygen atoms in total. The molecule has 1 atom stereocenters. The molecule has 0 N–H and O–H groups in total. The van der Waals surface area contributed by atoms with Gasteiger partial charge < -0.3 is 4.90 Å². The van der Waals surface area contributed by atoms with E-state index >= 15 is 0 Å². The van der Waals surface area contributed by atoms with Gasteiger partial charge in [0.2, 0.25) is 0 Å². The van der Waals surface area contributed by atoms with Crippen LogP contribution < -0.4 is 4.90 Å². The summed E-state index contributed by atoms with van der Waals surface area (Å²) in [4.78, 5) is 2.56. The summed E-state index contributed by atoms with van der Waals surface area (Å²) in [6, 6.07) is 20.2. The predicted molar refractivity (Wildman–Crippen MR) is 76.9 cm³/mol. The number of benzene rings is 2. The van der Waals surface area contributed by atoms with Crippen LogP contribution in [0.1, 0.15) is 24.5 Å². The Morgan fingerprint density at radius 2 is 1.72 bits per heavy atom. The average Bonchev–Trinajstić information content (AvgIpc) is 2.78. The molecule has 0 spiro atoms. The van der Waals surface area contributed by atoms with Gasteiger partial charge in [0.25, 0.3) is 0 Å². The van der Waals surface area contributed by atoms with Crippen molar-refractivity contribution >= 4 is 5.69 Å². The molecule has 0 aromatic heterocycles. The van der Waals surface area contributed by atoms with Gasteiger partial charge in [0, 0.05) is 18.3 Å². The monoisotopic (exact) mass is 237 g/mol. The van der Waals surface area contributed by atoms with E-state index in [0.717, 1.165) is 6.54 Å². The molecular weight excluding hydrogens is 218 g/mol. The molecule has 0 amide bonds. The molecule has 18 heavy (non-hydrogen) atoms. The Bertz CT molecular complexity index is 518. The Balaban J connectivity index is 1.90. The average molecular weight is 237 g/mol. The normalized spacial score (nSPS) is 17.8. The van der Waals surface area contributed by atoms with Gasteiger partial charge in [-0.15, -0.1) is 0 Å². The van der Waals surface area contributed by atoms with Crippen molar-refractivity contribution in [1.29, 1.82) is 0 Å². The first-order chi connectivity index (χ1) is 8.88. The number of nitrogens with zero attached hydrogens (tertiary/aromatic N) is 1. The summed E-state index contributed by atoms with van der Waals surface area (Å²) < 4.78 is 0. The molecular formula is C17H19N. The van der Waals surface area contributed by atoms with Crippen LogP contribution >= 0.6 is 0 Å². The first-order valence-corrected chi connectivity index (χ1v) is 6.77. The van der Waals surface area contributed by atoms with Crippen LogP contribution in [0.3, 0.4) is 0 Å². The fourth-order valence-electron chi connectivity index (χ4n) is 2.88. The van der Waals surface area contributed by atoms with Crippen LogP contribution in [0.25, 0.3) is 0 Å². The van der Waals surface area contributed by atoms with E-state index in [1.165, 1.54) is 29.7 Å². The summed E-state index contributed by atoms with van der Waals surface area (Å²) in [5.41, 5.74) is 4.32. The second-order valence-corrected chi connectivity index (χ2v) is 5.01. The minimum absolute atomic E-state index is 0.655. The summed E-state index contributed by atoms with van der Waals surface area (Å²) in [7, 11) is 0. The molecule has 0 aliphatic carbocycles. The van der Waals surface area contributed by atoms with Crippen molar-refractivity contribution in [2.75, 3.05) is 4.90 Å². The van der Waals surface area contributed by atoms with E-state index in [-0.39, 0.29) is 0 Å². The fraction of sp³-hybridized carbons (Fsp3) is 0.294. The Kier molecular flexibility index (Phi) is 3.06. The number of anilines is 1. The third-order valence-corrected chi connectivity index (χ3v) is 3.86. The second kappa shape index (κ2) is 4.85. The number of hydrogen-bond donors (Lipinski definition) is 0. The van der Waals surface area contributed by atoms with Crippen molar-refractivity contribution in [2.45, 2.75) is 32.4 Å². The Labute approximate surface area is 109 Å². The molecule has 0 saturated heterocycles. The fourth-order valence-corrected chi connectivity index (χ4v) is 2.88. The number of para-hydroxylation sites is 1. The first kappa shape index (κ1) is 11.3. The quantitative estimate of drug-likeness (QED) is 0.779. The summed E-state index contributed by atoms with van der Waals surface area (Å²) in [6.45, 7) is 3.31. The van der Waals surface area contributed by atoms with Gasteiger partial charge in [-0.1, -0.05) is 55.5 Å². The Morgan fingerprint density at radius 3 is 2.50 bits per heavy atom. The van der Waals surface area contributed by atoms with Gasteiger partial charge in [-0.3, -0.25) is 0 Å². The highest BCUT2D eigenvalue weighted by molar-refractivity contribution is 5.59. The first-order valence-electron chi connectivity index (χ1n) is 6.77. The summed E-state index contributed by atoms with van der Waals surface area (Å²) >= 11 is 0. The van der Waals surface area contributed by atoms with Gasteiger partial charge in [0.15, 0.2) is 0 Å². The molecule has 0 bridgehead atoms. The number of hydrogen-bond acceptors (Lipinski definition) is 1. The maximum Gasteiger partial charge on any atom is 0.0432 e. The highest BCUT2D eigenvalue weighted by atomic mass is 15.2. The minimum atomic E-state index is 0.655. The number of fused-ring (bicyclic) bond motifs is 1. The molecule has 3 rings (SSSR count). The molecule has 1 heteroatoms. The van der Waals surface area contributed by atoms with E-state index in [0.29, 0.717) is 6.04 Å². The lowest BCUT2D eigenvalue weighted by Gasteiger charge is -2.27. The van der Waals surface area contributed by atoms with Crippen molar-refractivity contribution in [3.8, 4) is 0 Å². The second-order valence-electron chi connectivity index (χ2n) is 5.01. The van der Waals surface area contributed by atoms with Crippen LogP contribution in [0.4, 0.5) is 5.69 Å². The largest absolute Gasteiger partial charge is 0.364 e. The van der Waals surface area contributed by atoms with E-state index in [2.05, 4.69) is 66.4 Å². The van der Waals surface area contributed by atoms with E-state index in [4.69, 9.17) is 0 Å². The molecule has 1 aliphatic rings. The third-order valence-electron chi connectivity index (χ3n) is 3.86. The van der Waals surface area contributed by atoms with Crippen LogP contribution in [0.2, 0.25) is 0 Å². The van der Waals surface area contributed by atoms with E-state index in [1.807, 2.05) is 0 Å². The maximum atomic E-state index is 2.56. The van der Waals surface area contributed by atoms with Gasteiger partial charge in [0.05, 0.1) is 0 Å². The Hall–Kier alpha value is -1.76. The SMILES string of the molecule is CCC1Cc2ccccc2N1Cc1ccccc1. The van der Waals surface area contributed by atoms with Crippen molar-refractivity contribution in [3.63, 3.8) is 0 Å². The predicted octanol–water partition coefficient (Wildman–Crippen LogP) is 4.03. The molecule has 0 radical (unpaired) electrons. The third kappa shape index (κ3) is 2.01. The lowest BCUT2D eigenvalue weighted by molar-refractivity contribution is 0.602. The van der Waals surface area contributed by atoms with Gasteiger partial charge in [-0.25, -0.2) is 0 Å². The molecule has 92 valence electrons. The molecule has 0 fully saturated rings.